The molecule has 0 radical (unpaired) electrons. The van der Waals surface area contributed by atoms with Gasteiger partial charge in [-0.25, -0.2) is 9.67 Å². The van der Waals surface area contributed by atoms with E-state index >= 15 is 0 Å². The molecule has 4 heterocycles. The summed E-state index contributed by atoms with van der Waals surface area (Å²) in [6.45, 7) is 10.7. The molecule has 1 fully saturated rings. The van der Waals surface area contributed by atoms with Gasteiger partial charge < -0.3 is 10.4 Å². The van der Waals surface area contributed by atoms with Crippen molar-refractivity contribution in [3.05, 3.63) is 30.1 Å². The highest BCUT2D eigenvalue weighted by atomic mass is 35.5. The van der Waals surface area contributed by atoms with Crippen LogP contribution in [0.1, 0.15) is 52.4 Å². The number of phenolic OH excluding ortho intramolecular Hbond substituents is 1. The van der Waals surface area contributed by atoms with Crippen LogP contribution in [-0.2, 0) is 0 Å². The van der Waals surface area contributed by atoms with Crippen molar-refractivity contribution >= 4 is 35.1 Å². The number of hydrogen-bond acceptors (Lipinski definition) is 9. The first-order valence-corrected chi connectivity index (χ1v) is 11.4. The number of fused-ring (bicyclic) bond motifs is 1. The largest absolute Gasteiger partial charge is 0.507 e. The lowest BCUT2D eigenvalue weighted by Crippen LogP contribution is -2.58. The van der Waals surface area contributed by atoms with Crippen molar-refractivity contribution in [2.45, 2.75) is 64.6 Å². The van der Waals surface area contributed by atoms with E-state index in [0.29, 0.717) is 28.2 Å². The summed E-state index contributed by atoms with van der Waals surface area (Å²) in [7, 11) is 0. The molecule has 1 saturated heterocycles. The summed E-state index contributed by atoms with van der Waals surface area (Å²) in [6.07, 6.45) is 1.84. The molecule has 174 valence electrons. The smallest absolute Gasteiger partial charge is 0.201 e. The Labute approximate surface area is 202 Å². The van der Waals surface area contributed by atoms with Crippen LogP contribution in [0, 0.1) is 6.92 Å². The molecule has 1 aliphatic rings. The number of nitrogens with one attached hydrogen (secondary N) is 1. The van der Waals surface area contributed by atoms with E-state index in [1.54, 1.807) is 6.07 Å². The van der Waals surface area contributed by atoms with Crippen LogP contribution in [0.5, 0.6) is 5.75 Å². The molecule has 0 aliphatic carbocycles. The molecule has 2 N–H and O–H groups in total. The van der Waals surface area contributed by atoms with Crippen molar-refractivity contribution in [1.29, 1.82) is 0 Å². The molecule has 5 rings (SSSR count). The topological polar surface area (TPSA) is 115 Å². The summed E-state index contributed by atoms with van der Waals surface area (Å²) in [5, 5.41) is 32.7. The number of aromatic hydroxyl groups is 1. The molecule has 0 bridgehead atoms. The highest BCUT2D eigenvalue weighted by Crippen LogP contribution is 2.37. The zero-order chi connectivity index (χ0) is 22.7. The molecule has 4 aromatic rings. The quantitative estimate of drug-likeness (QED) is 0.440. The van der Waals surface area contributed by atoms with Gasteiger partial charge in [0.15, 0.2) is 0 Å². The van der Waals surface area contributed by atoms with E-state index in [2.05, 4.69) is 62.9 Å². The Kier molecular flexibility index (Phi) is 5.88. The molecular weight excluding hydrogens is 460 g/mol. The third-order valence-electron chi connectivity index (χ3n) is 5.78. The minimum absolute atomic E-state index is 0. The van der Waals surface area contributed by atoms with E-state index in [9.17, 15) is 5.11 Å². The normalized spacial score (nSPS) is 17.7. The summed E-state index contributed by atoms with van der Waals surface area (Å²) in [5.41, 5.74) is 3.23. The second-order valence-corrected chi connectivity index (χ2v) is 10.6. The second kappa shape index (κ2) is 8.27. The number of phenols is 1. The van der Waals surface area contributed by atoms with Crippen molar-refractivity contribution in [2.75, 3.05) is 0 Å². The molecule has 0 spiro atoms. The molecule has 1 aromatic carbocycles. The molecule has 11 heteroatoms. The van der Waals surface area contributed by atoms with Crippen LogP contribution in [0.25, 0.3) is 33.0 Å². The number of aryl methyl sites for hydroxylation is 1. The molecule has 0 atom stereocenters. The maximum atomic E-state index is 10.6. The van der Waals surface area contributed by atoms with Crippen LogP contribution in [0.4, 0.5) is 0 Å². The van der Waals surface area contributed by atoms with Crippen LogP contribution >= 0.6 is 23.9 Å². The maximum Gasteiger partial charge on any atom is 0.201 e. The summed E-state index contributed by atoms with van der Waals surface area (Å²) in [5.74, 6) is 0.826. The molecule has 0 amide bonds. The van der Waals surface area contributed by atoms with E-state index in [4.69, 9.17) is 0 Å². The number of benzene rings is 1. The van der Waals surface area contributed by atoms with Gasteiger partial charge in [0, 0.05) is 22.2 Å². The summed E-state index contributed by atoms with van der Waals surface area (Å²) in [6, 6.07) is 7.40. The number of piperidine rings is 1. The lowest BCUT2D eigenvalue weighted by Gasteiger charge is -2.46. The summed E-state index contributed by atoms with van der Waals surface area (Å²) >= 11 is 1.31. The van der Waals surface area contributed by atoms with Crippen molar-refractivity contribution in [2.24, 2.45) is 0 Å². The van der Waals surface area contributed by atoms with Crippen LogP contribution in [0.3, 0.4) is 0 Å². The fourth-order valence-electron chi connectivity index (χ4n) is 4.87. The van der Waals surface area contributed by atoms with Gasteiger partial charge >= 0.3 is 0 Å². The molecule has 0 saturated carbocycles. The maximum absolute atomic E-state index is 10.6. The minimum Gasteiger partial charge on any atom is -0.507 e. The third kappa shape index (κ3) is 4.55. The second-order valence-electron chi connectivity index (χ2n) is 9.81. The molecule has 0 unspecified atom stereocenters. The van der Waals surface area contributed by atoms with Gasteiger partial charge in [-0.1, -0.05) is 11.3 Å². The minimum atomic E-state index is -0.0168. The Bertz CT molecular complexity index is 1300. The lowest BCUT2D eigenvalue weighted by atomic mass is 9.80. The molecule has 1 aliphatic heterocycles. The molecule has 3 aromatic heterocycles. The first-order chi connectivity index (χ1) is 15.1. The van der Waals surface area contributed by atoms with E-state index in [-0.39, 0.29) is 35.3 Å². The summed E-state index contributed by atoms with van der Waals surface area (Å²) in [4.78, 5) is 4.38. The average Bonchev–Trinajstić information content (AvgIpc) is 3.31. The van der Waals surface area contributed by atoms with Crippen LogP contribution in [0.2, 0.25) is 0 Å². The van der Waals surface area contributed by atoms with Gasteiger partial charge in [-0.2, -0.15) is 4.37 Å². The predicted octanol–water partition coefficient (Wildman–Crippen LogP) is 4.32. The zero-order valence-corrected chi connectivity index (χ0v) is 20.8. The van der Waals surface area contributed by atoms with Gasteiger partial charge in [-0.15, -0.1) is 27.7 Å². The SMILES string of the molecule is Cc1nsc(-c2ccc(-c3cc4nnn(C5CC(C)(C)NC(C)(C)C5)c4nn3)c(O)c2)n1.Cl. The molecule has 33 heavy (non-hydrogen) atoms. The molecule has 9 nitrogen and oxygen atoms in total. The van der Waals surface area contributed by atoms with Gasteiger partial charge in [0.1, 0.15) is 22.1 Å². The van der Waals surface area contributed by atoms with E-state index in [0.717, 1.165) is 23.4 Å². The van der Waals surface area contributed by atoms with Crippen LogP contribution in [-0.4, -0.2) is 50.7 Å². The number of hydrogen-bond donors (Lipinski definition) is 2. The van der Waals surface area contributed by atoms with Gasteiger partial charge in [0.2, 0.25) is 5.65 Å². The van der Waals surface area contributed by atoms with Gasteiger partial charge in [0.05, 0.1) is 11.7 Å². The Morgan fingerprint density at radius 1 is 1.06 bits per heavy atom. The zero-order valence-electron chi connectivity index (χ0n) is 19.2. The highest BCUT2D eigenvalue weighted by Gasteiger charge is 2.39. The third-order valence-corrected chi connectivity index (χ3v) is 6.64. The van der Waals surface area contributed by atoms with E-state index in [1.807, 2.05) is 29.8 Å². The van der Waals surface area contributed by atoms with Gasteiger partial charge in [-0.3, -0.25) is 0 Å². The Morgan fingerprint density at radius 3 is 2.42 bits per heavy atom. The predicted molar refractivity (Wildman–Crippen MR) is 131 cm³/mol. The number of rotatable bonds is 3. The van der Waals surface area contributed by atoms with Crippen molar-refractivity contribution in [3.63, 3.8) is 0 Å². The number of halogens is 1. The fourth-order valence-corrected chi connectivity index (χ4v) is 5.53. The number of nitrogens with zero attached hydrogens (tertiary/aromatic N) is 7. The summed E-state index contributed by atoms with van der Waals surface area (Å²) < 4.78 is 6.10. The van der Waals surface area contributed by atoms with E-state index < -0.39 is 0 Å². The van der Waals surface area contributed by atoms with E-state index in [1.165, 1.54) is 11.5 Å². The highest BCUT2D eigenvalue weighted by molar-refractivity contribution is 7.09. The lowest BCUT2D eigenvalue weighted by molar-refractivity contribution is 0.127. The Hall–Kier alpha value is -2.69. The standard InChI is InChI=1S/C22H26N8OS.ClH/c1-12-23-20(32-27-12)13-6-7-15(18(31)8-13)16-9-17-19(26-24-16)30(29-25-17)14-10-21(2,3)28-22(4,5)11-14;/h6-9,14,28,31H,10-11H2,1-5H3;1H. The number of aromatic nitrogens is 7. The van der Waals surface area contributed by atoms with Gasteiger partial charge in [0.25, 0.3) is 0 Å². The Balaban J connectivity index is 0.00000259. The average molecular weight is 487 g/mol. The van der Waals surface area contributed by atoms with Crippen LogP contribution in [0.15, 0.2) is 24.3 Å². The monoisotopic (exact) mass is 486 g/mol. The van der Waals surface area contributed by atoms with Crippen molar-refractivity contribution in [3.8, 4) is 27.6 Å². The Morgan fingerprint density at radius 2 is 1.79 bits per heavy atom. The van der Waals surface area contributed by atoms with Gasteiger partial charge in [-0.05, 0) is 77.2 Å². The molecular formula is C22H27ClN8OS. The first kappa shape index (κ1) is 23.5. The van der Waals surface area contributed by atoms with Crippen molar-refractivity contribution in [1.82, 2.24) is 39.9 Å². The van der Waals surface area contributed by atoms with Crippen molar-refractivity contribution < 1.29 is 5.11 Å². The fraction of sp³-hybridized carbons (Fsp3) is 0.455. The van der Waals surface area contributed by atoms with Crippen LogP contribution < -0.4 is 5.32 Å². The first-order valence-electron chi connectivity index (χ1n) is 10.6.